The van der Waals surface area contributed by atoms with Gasteiger partial charge in [-0.25, -0.2) is 0 Å². The van der Waals surface area contributed by atoms with E-state index >= 15 is 0 Å². The van der Waals surface area contributed by atoms with Gasteiger partial charge in [-0.1, -0.05) is 13.8 Å². The summed E-state index contributed by atoms with van der Waals surface area (Å²) < 4.78 is 16.5. The molecule has 2 aromatic carbocycles. The number of carbonyl (C=O) groups excluding carboxylic acids is 2. The smallest absolute Gasteiger partial charge is 0.254 e. The van der Waals surface area contributed by atoms with Crippen LogP contribution in [0.3, 0.4) is 0 Å². The molecule has 0 fully saturated rings. The molecule has 0 aliphatic rings. The van der Waals surface area contributed by atoms with E-state index in [-0.39, 0.29) is 18.4 Å². The van der Waals surface area contributed by atoms with Gasteiger partial charge in [0, 0.05) is 18.3 Å². The third kappa shape index (κ3) is 6.69. The molecule has 0 spiro atoms. The van der Waals surface area contributed by atoms with Gasteiger partial charge in [0.15, 0.2) is 11.5 Å². The summed E-state index contributed by atoms with van der Waals surface area (Å²) in [6.45, 7) is 6.92. The van der Waals surface area contributed by atoms with Gasteiger partial charge in [0.1, 0.15) is 5.75 Å². The normalized spacial score (nSPS) is 10.5. The van der Waals surface area contributed by atoms with E-state index in [2.05, 4.69) is 19.2 Å². The minimum absolute atomic E-state index is 0.0829. The van der Waals surface area contributed by atoms with Crippen molar-refractivity contribution in [2.75, 3.05) is 39.2 Å². The number of carbonyl (C=O) groups is 2. The minimum atomic E-state index is -0.294. The van der Waals surface area contributed by atoms with Gasteiger partial charge in [-0.05, 0) is 55.3 Å². The van der Waals surface area contributed by atoms with Gasteiger partial charge in [-0.15, -0.1) is 0 Å². The van der Waals surface area contributed by atoms with E-state index in [0.717, 1.165) is 0 Å². The Kier molecular flexibility index (Phi) is 8.53. The highest BCUT2D eigenvalue weighted by Gasteiger charge is 2.18. The van der Waals surface area contributed by atoms with Crippen LogP contribution in [-0.2, 0) is 4.79 Å². The molecule has 2 amide bonds. The van der Waals surface area contributed by atoms with Crippen LogP contribution < -0.4 is 19.5 Å². The first-order chi connectivity index (χ1) is 14.3. The van der Waals surface area contributed by atoms with Crippen LogP contribution >= 0.6 is 0 Å². The van der Waals surface area contributed by atoms with Gasteiger partial charge in [-0.2, -0.15) is 0 Å². The molecule has 2 rings (SSSR count). The van der Waals surface area contributed by atoms with Gasteiger partial charge in [0.05, 0.1) is 26.9 Å². The average Bonchev–Trinajstić information content (AvgIpc) is 2.72. The Morgan fingerprint density at radius 3 is 2.33 bits per heavy atom. The summed E-state index contributed by atoms with van der Waals surface area (Å²) in [5, 5.41) is 2.77. The summed E-state index contributed by atoms with van der Waals surface area (Å²) in [6.07, 6.45) is 0. The zero-order chi connectivity index (χ0) is 22.1. The van der Waals surface area contributed by atoms with Crippen molar-refractivity contribution < 1.29 is 23.8 Å². The highest BCUT2D eigenvalue weighted by molar-refractivity contribution is 5.99. The van der Waals surface area contributed by atoms with Crippen LogP contribution in [0.15, 0.2) is 42.5 Å². The number of amides is 2. The van der Waals surface area contributed by atoms with Gasteiger partial charge < -0.3 is 24.4 Å². The van der Waals surface area contributed by atoms with Crippen LogP contribution in [0.1, 0.15) is 31.1 Å². The maximum Gasteiger partial charge on any atom is 0.254 e. The van der Waals surface area contributed by atoms with Crippen LogP contribution in [-0.4, -0.2) is 50.6 Å². The Morgan fingerprint density at radius 1 is 1.03 bits per heavy atom. The fourth-order valence-electron chi connectivity index (χ4n) is 2.67. The van der Waals surface area contributed by atoms with Gasteiger partial charge in [0.2, 0.25) is 5.91 Å². The van der Waals surface area contributed by atoms with Crippen molar-refractivity contribution in [2.45, 2.75) is 20.8 Å². The molecule has 0 saturated carbocycles. The van der Waals surface area contributed by atoms with Crippen molar-refractivity contribution in [3.8, 4) is 17.2 Å². The Hall–Kier alpha value is -3.22. The molecular weight excluding hydrogens is 384 g/mol. The predicted octanol–water partition coefficient (Wildman–Crippen LogP) is 3.84. The summed E-state index contributed by atoms with van der Waals surface area (Å²) in [7, 11) is 3.16. The molecule has 1 N–H and O–H groups in total. The summed E-state index contributed by atoms with van der Waals surface area (Å²) in [5.74, 6) is 1.61. The number of ether oxygens (including phenoxy) is 3. The molecule has 7 heteroatoms. The van der Waals surface area contributed by atoms with Crippen molar-refractivity contribution in [1.82, 2.24) is 4.90 Å². The summed E-state index contributed by atoms with van der Waals surface area (Å²) >= 11 is 0. The molecule has 0 aliphatic carbocycles. The first-order valence-electron chi connectivity index (χ1n) is 9.93. The molecule has 30 heavy (non-hydrogen) atoms. The lowest BCUT2D eigenvalue weighted by Gasteiger charge is -2.19. The summed E-state index contributed by atoms with van der Waals surface area (Å²) in [4.78, 5) is 26.4. The predicted molar refractivity (Wildman–Crippen MR) is 117 cm³/mol. The van der Waals surface area contributed by atoms with Gasteiger partial charge in [-0.3, -0.25) is 9.59 Å². The van der Waals surface area contributed by atoms with Crippen molar-refractivity contribution >= 4 is 17.5 Å². The molecule has 0 atom stereocenters. The molecule has 0 bridgehead atoms. The Morgan fingerprint density at radius 2 is 1.73 bits per heavy atom. The standard InChI is InChI=1S/C23H30N2O5/c1-6-29-21-13-17(7-12-20(21)30-15-16(2)3)23(27)25(4)14-22(26)24-18-8-10-19(28-5)11-9-18/h7-13,16H,6,14-15H2,1-5H3,(H,24,26). The van der Waals surface area contributed by atoms with E-state index in [1.807, 2.05) is 6.92 Å². The number of hydrogen-bond acceptors (Lipinski definition) is 5. The number of nitrogens with zero attached hydrogens (tertiary/aromatic N) is 1. The molecular formula is C23H30N2O5. The Balaban J connectivity index is 2.02. The quantitative estimate of drug-likeness (QED) is 0.639. The molecule has 0 aromatic heterocycles. The lowest BCUT2D eigenvalue weighted by molar-refractivity contribution is -0.116. The van der Waals surface area contributed by atoms with Crippen LogP contribution in [0, 0.1) is 5.92 Å². The molecule has 162 valence electrons. The number of benzene rings is 2. The summed E-state index contributed by atoms with van der Waals surface area (Å²) in [5.41, 5.74) is 1.06. The molecule has 7 nitrogen and oxygen atoms in total. The van der Waals surface area contributed by atoms with Gasteiger partial charge in [0.25, 0.3) is 5.91 Å². The second kappa shape index (κ2) is 11.1. The van der Waals surface area contributed by atoms with Crippen LogP contribution in [0.2, 0.25) is 0 Å². The number of methoxy groups -OCH3 is 1. The van der Waals surface area contributed by atoms with Crippen molar-refractivity contribution in [2.24, 2.45) is 5.92 Å². The second-order valence-corrected chi connectivity index (χ2v) is 7.24. The highest BCUT2D eigenvalue weighted by Crippen LogP contribution is 2.29. The second-order valence-electron chi connectivity index (χ2n) is 7.24. The van der Waals surface area contributed by atoms with Crippen molar-refractivity contribution in [3.05, 3.63) is 48.0 Å². The number of hydrogen-bond donors (Lipinski definition) is 1. The van der Waals surface area contributed by atoms with Crippen molar-refractivity contribution in [1.29, 1.82) is 0 Å². The minimum Gasteiger partial charge on any atom is -0.497 e. The van der Waals surface area contributed by atoms with E-state index in [0.29, 0.717) is 47.6 Å². The Bertz CT molecular complexity index is 849. The molecule has 0 radical (unpaired) electrons. The first kappa shape index (κ1) is 23.1. The largest absolute Gasteiger partial charge is 0.497 e. The number of anilines is 1. The zero-order valence-corrected chi connectivity index (χ0v) is 18.2. The number of rotatable bonds is 10. The van der Waals surface area contributed by atoms with Gasteiger partial charge >= 0.3 is 0 Å². The average molecular weight is 415 g/mol. The third-order valence-electron chi connectivity index (χ3n) is 4.16. The Labute approximate surface area is 177 Å². The highest BCUT2D eigenvalue weighted by atomic mass is 16.5. The molecule has 0 heterocycles. The fraction of sp³-hybridized carbons (Fsp3) is 0.391. The van der Waals surface area contributed by atoms with Crippen LogP contribution in [0.5, 0.6) is 17.2 Å². The van der Waals surface area contributed by atoms with E-state index in [1.54, 1.807) is 56.6 Å². The molecule has 0 aliphatic heterocycles. The lowest BCUT2D eigenvalue weighted by Crippen LogP contribution is -2.34. The summed E-state index contributed by atoms with van der Waals surface area (Å²) in [6, 6.07) is 12.0. The third-order valence-corrected chi connectivity index (χ3v) is 4.16. The maximum absolute atomic E-state index is 12.8. The van der Waals surface area contributed by atoms with Crippen LogP contribution in [0.25, 0.3) is 0 Å². The molecule has 0 unspecified atom stereocenters. The molecule has 0 saturated heterocycles. The monoisotopic (exact) mass is 414 g/mol. The van der Waals surface area contributed by atoms with E-state index in [9.17, 15) is 9.59 Å². The topological polar surface area (TPSA) is 77.1 Å². The number of likely N-dealkylation sites (N-methyl/N-ethyl adjacent to an activating group) is 1. The van der Waals surface area contributed by atoms with E-state index in [4.69, 9.17) is 14.2 Å². The maximum atomic E-state index is 12.8. The zero-order valence-electron chi connectivity index (χ0n) is 18.2. The number of nitrogens with one attached hydrogen (secondary N) is 1. The fourth-order valence-corrected chi connectivity index (χ4v) is 2.67. The molecule has 2 aromatic rings. The van der Waals surface area contributed by atoms with Crippen molar-refractivity contribution in [3.63, 3.8) is 0 Å². The van der Waals surface area contributed by atoms with E-state index < -0.39 is 0 Å². The first-order valence-corrected chi connectivity index (χ1v) is 9.93. The van der Waals surface area contributed by atoms with Crippen LogP contribution in [0.4, 0.5) is 5.69 Å². The van der Waals surface area contributed by atoms with E-state index in [1.165, 1.54) is 4.90 Å². The SMILES string of the molecule is CCOc1cc(C(=O)N(C)CC(=O)Nc2ccc(OC)cc2)ccc1OCC(C)C. The lowest BCUT2D eigenvalue weighted by atomic mass is 10.1.